The maximum atomic E-state index is 13.7. The van der Waals surface area contributed by atoms with Crippen LogP contribution in [0.4, 0.5) is 10.1 Å². The highest BCUT2D eigenvalue weighted by atomic mass is 19.1. The Hall–Kier alpha value is -1.66. The van der Waals surface area contributed by atoms with E-state index < -0.39 is 5.82 Å². The maximum absolute atomic E-state index is 13.7. The maximum Gasteiger partial charge on any atom is 0.242 e. The third-order valence-corrected chi connectivity index (χ3v) is 3.16. The van der Waals surface area contributed by atoms with E-state index >= 15 is 0 Å². The van der Waals surface area contributed by atoms with E-state index in [1.165, 1.54) is 12.1 Å². The van der Waals surface area contributed by atoms with Gasteiger partial charge in [-0.1, -0.05) is 0 Å². The van der Waals surface area contributed by atoms with Gasteiger partial charge in [-0.3, -0.25) is 4.79 Å². The van der Waals surface area contributed by atoms with Gasteiger partial charge in [0, 0.05) is 30.9 Å². The zero-order valence-electron chi connectivity index (χ0n) is 11.7. The quantitative estimate of drug-likeness (QED) is 0.774. The summed E-state index contributed by atoms with van der Waals surface area (Å²) in [4.78, 5) is 12.0. The number of hydrogen-bond donors (Lipinski definition) is 3. The lowest BCUT2D eigenvalue weighted by Crippen LogP contribution is -2.57. The van der Waals surface area contributed by atoms with E-state index in [9.17, 15) is 9.18 Å². The van der Waals surface area contributed by atoms with Gasteiger partial charge < -0.3 is 20.7 Å². The molecule has 1 heterocycles. The average Bonchev–Trinajstić information content (AvgIpc) is 2.42. The van der Waals surface area contributed by atoms with E-state index in [2.05, 4.69) is 16.0 Å². The molecule has 0 bridgehead atoms. The van der Waals surface area contributed by atoms with Gasteiger partial charge in [0.2, 0.25) is 5.91 Å². The van der Waals surface area contributed by atoms with Crippen molar-refractivity contribution >= 4 is 11.6 Å². The molecule has 1 aliphatic heterocycles. The van der Waals surface area contributed by atoms with Crippen LogP contribution in [0.25, 0.3) is 0 Å². The predicted octanol–water partition coefficient (Wildman–Crippen LogP) is 1.11. The second kappa shape index (κ2) is 6.67. The fraction of sp³-hybridized carbons (Fsp3) is 0.500. The van der Waals surface area contributed by atoms with Gasteiger partial charge in [-0.25, -0.2) is 4.39 Å². The van der Waals surface area contributed by atoms with Crippen LogP contribution in [-0.4, -0.2) is 37.7 Å². The monoisotopic (exact) mass is 281 g/mol. The highest BCUT2D eigenvalue weighted by molar-refractivity contribution is 5.95. The van der Waals surface area contributed by atoms with Crippen LogP contribution in [0.3, 0.4) is 0 Å². The van der Waals surface area contributed by atoms with Gasteiger partial charge in [-0.2, -0.15) is 0 Å². The SMILES string of the molecule is CCOc1ccc(NC(=O)C2CNC(C)CN2)cc1F. The van der Waals surface area contributed by atoms with E-state index in [0.717, 1.165) is 6.54 Å². The smallest absolute Gasteiger partial charge is 0.242 e. The van der Waals surface area contributed by atoms with Crippen molar-refractivity contribution in [3.8, 4) is 5.75 Å². The lowest BCUT2D eigenvalue weighted by molar-refractivity contribution is -0.118. The van der Waals surface area contributed by atoms with Crippen molar-refractivity contribution in [2.24, 2.45) is 0 Å². The third kappa shape index (κ3) is 3.68. The summed E-state index contributed by atoms with van der Waals surface area (Å²) in [6.07, 6.45) is 0. The topological polar surface area (TPSA) is 62.4 Å². The van der Waals surface area contributed by atoms with Crippen LogP contribution in [0.15, 0.2) is 18.2 Å². The van der Waals surface area contributed by atoms with Crippen molar-refractivity contribution in [1.82, 2.24) is 10.6 Å². The molecule has 3 N–H and O–H groups in total. The first-order chi connectivity index (χ1) is 9.60. The zero-order valence-corrected chi connectivity index (χ0v) is 11.7. The predicted molar refractivity (Wildman–Crippen MR) is 75.5 cm³/mol. The molecule has 1 fully saturated rings. The number of amides is 1. The molecule has 2 unspecified atom stereocenters. The summed E-state index contributed by atoms with van der Waals surface area (Å²) in [5.74, 6) is -0.460. The van der Waals surface area contributed by atoms with Crippen molar-refractivity contribution in [3.05, 3.63) is 24.0 Å². The lowest BCUT2D eigenvalue weighted by atomic mass is 10.1. The molecule has 2 atom stereocenters. The summed E-state index contributed by atoms with van der Waals surface area (Å²) in [7, 11) is 0. The van der Waals surface area contributed by atoms with Crippen LogP contribution in [0.1, 0.15) is 13.8 Å². The van der Waals surface area contributed by atoms with Crippen LogP contribution in [0, 0.1) is 5.82 Å². The van der Waals surface area contributed by atoms with Crippen molar-refractivity contribution in [2.75, 3.05) is 25.0 Å². The molecule has 0 spiro atoms. The normalized spacial score (nSPS) is 22.4. The van der Waals surface area contributed by atoms with E-state index in [0.29, 0.717) is 24.9 Å². The number of carbonyl (C=O) groups is 1. The summed E-state index contributed by atoms with van der Waals surface area (Å²) in [5, 5.41) is 9.06. The fourth-order valence-electron chi connectivity index (χ4n) is 2.05. The molecule has 0 saturated carbocycles. The number of ether oxygens (including phenoxy) is 1. The molecule has 5 nitrogen and oxygen atoms in total. The highest BCUT2D eigenvalue weighted by Crippen LogP contribution is 2.21. The summed E-state index contributed by atoms with van der Waals surface area (Å²) in [5.41, 5.74) is 0.427. The van der Waals surface area contributed by atoms with E-state index in [4.69, 9.17) is 4.74 Å². The van der Waals surface area contributed by atoms with Crippen LogP contribution in [0.5, 0.6) is 5.75 Å². The molecular weight excluding hydrogens is 261 g/mol. The molecule has 1 saturated heterocycles. The minimum atomic E-state index is -0.479. The summed E-state index contributed by atoms with van der Waals surface area (Å²) >= 11 is 0. The fourth-order valence-corrected chi connectivity index (χ4v) is 2.05. The number of benzene rings is 1. The first-order valence-electron chi connectivity index (χ1n) is 6.80. The molecule has 20 heavy (non-hydrogen) atoms. The molecular formula is C14H20FN3O2. The molecule has 1 amide bonds. The highest BCUT2D eigenvalue weighted by Gasteiger charge is 2.23. The first-order valence-corrected chi connectivity index (χ1v) is 6.80. The van der Waals surface area contributed by atoms with Crippen LogP contribution >= 0.6 is 0 Å². The minimum Gasteiger partial charge on any atom is -0.491 e. The number of carbonyl (C=O) groups excluding carboxylic acids is 1. The molecule has 2 rings (SSSR count). The van der Waals surface area contributed by atoms with Crippen LogP contribution < -0.4 is 20.7 Å². The summed E-state index contributed by atoms with van der Waals surface area (Å²) in [6, 6.07) is 4.46. The standard InChI is InChI=1S/C14H20FN3O2/c1-3-20-13-5-4-10(6-11(13)15)18-14(19)12-8-16-9(2)7-17-12/h4-6,9,12,16-17H,3,7-8H2,1-2H3,(H,18,19). The number of hydrogen-bond acceptors (Lipinski definition) is 4. The Balaban J connectivity index is 1.95. The molecule has 110 valence electrons. The van der Waals surface area contributed by atoms with E-state index in [1.807, 2.05) is 6.92 Å². The second-order valence-electron chi connectivity index (χ2n) is 4.84. The van der Waals surface area contributed by atoms with E-state index in [1.54, 1.807) is 13.0 Å². The van der Waals surface area contributed by atoms with Crippen molar-refractivity contribution in [1.29, 1.82) is 0 Å². The minimum absolute atomic E-state index is 0.173. The molecule has 0 aliphatic carbocycles. The first kappa shape index (κ1) is 14.7. The summed E-state index contributed by atoms with van der Waals surface area (Å²) in [6.45, 7) is 5.53. The van der Waals surface area contributed by atoms with Crippen molar-refractivity contribution in [2.45, 2.75) is 25.9 Å². The molecule has 6 heteroatoms. The Morgan fingerprint density at radius 1 is 1.45 bits per heavy atom. The van der Waals surface area contributed by atoms with Crippen molar-refractivity contribution in [3.63, 3.8) is 0 Å². The molecule has 0 radical (unpaired) electrons. The zero-order chi connectivity index (χ0) is 14.5. The van der Waals surface area contributed by atoms with Gasteiger partial charge in [0.15, 0.2) is 11.6 Å². The lowest BCUT2D eigenvalue weighted by Gasteiger charge is -2.28. The number of piperazine rings is 1. The Morgan fingerprint density at radius 3 is 2.85 bits per heavy atom. The van der Waals surface area contributed by atoms with Crippen LogP contribution in [0.2, 0.25) is 0 Å². The van der Waals surface area contributed by atoms with Crippen LogP contribution in [-0.2, 0) is 4.79 Å². The molecule has 1 aromatic rings. The second-order valence-corrected chi connectivity index (χ2v) is 4.84. The molecule has 0 aromatic heterocycles. The number of rotatable bonds is 4. The third-order valence-electron chi connectivity index (χ3n) is 3.16. The van der Waals surface area contributed by atoms with Gasteiger partial charge in [-0.15, -0.1) is 0 Å². The number of halogens is 1. The summed E-state index contributed by atoms with van der Waals surface area (Å²) < 4.78 is 18.8. The van der Waals surface area contributed by atoms with Gasteiger partial charge in [-0.05, 0) is 26.0 Å². The average molecular weight is 281 g/mol. The van der Waals surface area contributed by atoms with Gasteiger partial charge in [0.1, 0.15) is 0 Å². The van der Waals surface area contributed by atoms with Gasteiger partial charge in [0.05, 0.1) is 12.6 Å². The Labute approximate surface area is 117 Å². The van der Waals surface area contributed by atoms with E-state index in [-0.39, 0.29) is 17.7 Å². The number of nitrogens with one attached hydrogen (secondary N) is 3. The Kier molecular flexibility index (Phi) is 4.92. The molecule has 1 aliphatic rings. The van der Waals surface area contributed by atoms with Gasteiger partial charge >= 0.3 is 0 Å². The molecule has 1 aromatic carbocycles. The van der Waals surface area contributed by atoms with Crippen molar-refractivity contribution < 1.29 is 13.9 Å². The number of anilines is 1. The largest absolute Gasteiger partial charge is 0.491 e. The Bertz CT molecular complexity index is 473. The van der Waals surface area contributed by atoms with Gasteiger partial charge in [0.25, 0.3) is 0 Å². The Morgan fingerprint density at radius 2 is 2.25 bits per heavy atom.